The normalized spacial score (nSPS) is 12.4. The van der Waals surface area contributed by atoms with Gasteiger partial charge in [-0.05, 0) is 0 Å². The Morgan fingerprint density at radius 1 is 0.900 bits per heavy atom. The predicted octanol–water partition coefficient (Wildman–Crippen LogP) is -3.34. The van der Waals surface area contributed by atoms with E-state index in [1.54, 1.807) is 0 Å². The molecule has 10 heteroatoms. The van der Waals surface area contributed by atoms with Crippen LogP contribution in [0.1, 0.15) is 0 Å². The van der Waals surface area contributed by atoms with Crippen molar-refractivity contribution in [2.45, 2.75) is 0 Å². The molecule has 0 aliphatic carbocycles. The fraction of sp³-hybridized carbons (Fsp3) is 0. The minimum Gasteiger partial charge on any atom is -0.790 e. The summed E-state index contributed by atoms with van der Waals surface area (Å²) in [5, 5.41) is 0. The maximum absolute atomic E-state index is 9.32. The summed E-state index contributed by atoms with van der Waals surface area (Å²) >= 11 is 0. The second-order valence-electron chi connectivity index (χ2n) is 0.976. The van der Waals surface area contributed by atoms with Crippen molar-refractivity contribution in [3.05, 3.63) is 0 Å². The van der Waals surface area contributed by atoms with Gasteiger partial charge in [0, 0.05) is 20.4 Å². The number of rotatable bonds is 2. The average Bonchev–Trinajstić information content (AvgIpc) is 1.14. The van der Waals surface area contributed by atoms with E-state index in [4.69, 9.17) is 0 Å². The quantitative estimate of drug-likeness (QED) is 0.381. The Morgan fingerprint density at radius 2 is 1.10 bits per heavy atom. The Bertz CT molecular complexity index is 152. The molecule has 0 amide bonds. The Labute approximate surface area is 69.5 Å². The molecule has 7 nitrogen and oxygen atoms in total. The van der Waals surface area contributed by atoms with Crippen molar-refractivity contribution in [1.29, 1.82) is 0 Å². The third kappa shape index (κ3) is 11.7. The zero-order valence-corrected chi connectivity index (χ0v) is 7.41. The summed E-state index contributed by atoms with van der Waals surface area (Å²) in [4.78, 5) is 37.3. The van der Waals surface area contributed by atoms with Gasteiger partial charge in [-0.25, -0.2) is 0 Å². The molecule has 0 unspecified atom stereocenters. The van der Waals surface area contributed by atoms with Crippen LogP contribution in [0, 0.1) is 0 Å². The van der Waals surface area contributed by atoms with Crippen molar-refractivity contribution in [1.82, 2.24) is 0 Å². The molecule has 0 aliphatic rings. The van der Waals surface area contributed by atoms with Crippen LogP contribution >= 0.6 is 15.6 Å². The molecule has 0 bridgehead atoms. The number of phosphoric acid groups is 2. The molecule has 0 atom stereocenters. The van der Waals surface area contributed by atoms with E-state index in [1.807, 2.05) is 0 Å². The summed E-state index contributed by atoms with van der Waals surface area (Å²) in [6.45, 7) is 0. The van der Waals surface area contributed by atoms with Gasteiger partial charge >= 0.3 is 0 Å². The van der Waals surface area contributed by atoms with Crippen molar-refractivity contribution in [3.63, 3.8) is 0 Å². The van der Waals surface area contributed by atoms with E-state index in [-0.39, 0.29) is 20.4 Å². The molecule has 0 N–H and O–H groups in total. The maximum atomic E-state index is 9.32. The zero-order valence-electron chi connectivity index (χ0n) is 4.07. The van der Waals surface area contributed by atoms with Gasteiger partial charge in [-0.2, -0.15) is 0 Å². The monoisotopic (exact) mass is 280 g/mol. The van der Waals surface area contributed by atoms with E-state index in [2.05, 4.69) is 4.31 Å². The van der Waals surface area contributed by atoms with E-state index in [0.29, 0.717) is 0 Å². The van der Waals surface area contributed by atoms with Gasteiger partial charge in [0.05, 0.1) is 15.6 Å². The van der Waals surface area contributed by atoms with E-state index >= 15 is 0 Å². The zero-order chi connectivity index (χ0) is 7.71. The van der Waals surface area contributed by atoms with Gasteiger partial charge < -0.3 is 33.0 Å². The average molecular weight is 280 g/mol. The fourth-order valence-corrected chi connectivity index (χ4v) is 1.10. The molecule has 0 aromatic heterocycles. The summed E-state index contributed by atoms with van der Waals surface area (Å²) in [7, 11) is -11.4. The largest absolute Gasteiger partial charge is 0.790 e. The van der Waals surface area contributed by atoms with Gasteiger partial charge in [-0.3, -0.25) is 0 Å². The summed E-state index contributed by atoms with van der Waals surface area (Å²) < 4.78 is 21.2. The van der Waals surface area contributed by atoms with E-state index < -0.39 is 15.6 Å². The van der Waals surface area contributed by atoms with Crippen LogP contribution in [0.3, 0.4) is 0 Å². The van der Waals surface area contributed by atoms with Crippen molar-refractivity contribution < 1.29 is 53.4 Å². The summed E-state index contributed by atoms with van der Waals surface area (Å²) in [5.74, 6) is 0. The molecule has 0 aliphatic heterocycles. The second-order valence-corrected chi connectivity index (χ2v) is 3.42. The van der Waals surface area contributed by atoms with Crippen LogP contribution in [0.15, 0.2) is 0 Å². The second kappa shape index (κ2) is 4.08. The van der Waals surface area contributed by atoms with Crippen LogP contribution in [0.2, 0.25) is 0 Å². The van der Waals surface area contributed by atoms with Crippen LogP contribution in [0.25, 0.3) is 0 Å². The van der Waals surface area contributed by atoms with Crippen molar-refractivity contribution in [3.8, 4) is 0 Å². The third-order valence-electron chi connectivity index (χ3n) is 0.200. The van der Waals surface area contributed by atoms with Crippen LogP contribution in [-0.2, 0) is 33.9 Å². The molecular formula is O7P2Pd-4. The first-order valence-electron chi connectivity index (χ1n) is 1.46. The molecule has 0 aromatic carbocycles. The van der Waals surface area contributed by atoms with E-state index in [1.165, 1.54) is 0 Å². The summed E-state index contributed by atoms with van der Waals surface area (Å²) in [6.07, 6.45) is 0. The molecule has 0 radical (unpaired) electrons. The minimum absolute atomic E-state index is 0. The van der Waals surface area contributed by atoms with Gasteiger partial charge in [-0.1, -0.05) is 0 Å². The molecule has 0 heterocycles. The van der Waals surface area contributed by atoms with Gasteiger partial charge in [-0.15, -0.1) is 0 Å². The van der Waals surface area contributed by atoms with Crippen LogP contribution < -0.4 is 19.6 Å². The third-order valence-corrected chi connectivity index (χ3v) is 1.80. The SMILES string of the molecule is O=P([O-])([O-])OP(=O)([O-])[O-].[Pd]. The van der Waals surface area contributed by atoms with Gasteiger partial charge in [0.15, 0.2) is 0 Å². The van der Waals surface area contributed by atoms with Crippen LogP contribution in [0.5, 0.6) is 0 Å². The number of hydrogen-bond acceptors (Lipinski definition) is 7. The molecule has 0 saturated carbocycles. The van der Waals surface area contributed by atoms with Crippen molar-refractivity contribution in [2.24, 2.45) is 0 Å². The summed E-state index contributed by atoms with van der Waals surface area (Å²) in [5.41, 5.74) is 0. The maximum Gasteiger partial charge on any atom is 0.0655 e. The van der Waals surface area contributed by atoms with Crippen molar-refractivity contribution in [2.75, 3.05) is 0 Å². The standard InChI is InChI=1S/H4O7P2.Pd/c1-8(2,3)7-9(4,5)6;/h(H2,1,2,3)(H2,4,5,6);/p-4. The smallest absolute Gasteiger partial charge is 0.0655 e. The molecule has 66 valence electrons. The predicted molar refractivity (Wildman–Crippen MR) is 16.3 cm³/mol. The molecule has 0 rings (SSSR count). The molecule has 10 heavy (non-hydrogen) atoms. The Hall–Kier alpha value is 0.922. The topological polar surface area (TPSA) is 136 Å². The van der Waals surface area contributed by atoms with Crippen molar-refractivity contribution >= 4 is 15.6 Å². The minimum atomic E-state index is -5.68. The first kappa shape index (κ1) is 13.5. The molecule has 0 spiro atoms. The molecular weight excluding hydrogens is 280 g/mol. The van der Waals surface area contributed by atoms with Crippen LogP contribution in [0.4, 0.5) is 0 Å². The summed E-state index contributed by atoms with van der Waals surface area (Å²) in [6, 6.07) is 0. The van der Waals surface area contributed by atoms with E-state index in [9.17, 15) is 28.7 Å². The Kier molecular flexibility index (Phi) is 5.50. The first-order valence-corrected chi connectivity index (χ1v) is 4.38. The van der Waals surface area contributed by atoms with Crippen LogP contribution in [-0.4, -0.2) is 0 Å². The molecule has 0 saturated heterocycles. The molecule has 0 fully saturated rings. The van der Waals surface area contributed by atoms with E-state index in [0.717, 1.165) is 0 Å². The first-order chi connectivity index (χ1) is 3.71. The van der Waals surface area contributed by atoms with Gasteiger partial charge in [0.1, 0.15) is 0 Å². The Morgan fingerprint density at radius 3 is 1.10 bits per heavy atom. The van der Waals surface area contributed by atoms with Gasteiger partial charge in [0.25, 0.3) is 0 Å². The van der Waals surface area contributed by atoms with Gasteiger partial charge in [0.2, 0.25) is 0 Å². The Balaban J connectivity index is 0. The molecule has 0 aromatic rings. The fourth-order valence-electron chi connectivity index (χ4n) is 0.122. The number of hydrogen-bond donors (Lipinski definition) is 0.